The number of aliphatic hydroxyl groups is 2. The summed E-state index contributed by atoms with van der Waals surface area (Å²) in [4.78, 5) is 104. The number of benzene rings is 1. The number of β-lactam (4-membered cyclic amide) rings is 1. The molecular formula is C41H57N9O12S. The Bertz CT molecular complexity index is 1920. The summed E-state index contributed by atoms with van der Waals surface area (Å²) in [6.45, 7) is 5.29. The number of carboxylic acids is 1. The number of carbonyl (C=O) groups is 8. The molecule has 0 aromatic heterocycles. The number of hydrogen-bond acceptors (Lipinski definition) is 15. The van der Waals surface area contributed by atoms with Crippen molar-refractivity contribution in [3.8, 4) is 0 Å². The molecule has 1 fully saturated rings. The van der Waals surface area contributed by atoms with Crippen molar-refractivity contribution in [3.63, 3.8) is 0 Å². The number of thioether (sulfide) groups is 1. The van der Waals surface area contributed by atoms with Crippen LogP contribution >= 0.6 is 11.8 Å². The van der Waals surface area contributed by atoms with E-state index in [9.17, 15) is 53.7 Å². The minimum Gasteiger partial charge on any atom is -0.477 e. The fourth-order valence-corrected chi connectivity index (χ4v) is 8.37. The van der Waals surface area contributed by atoms with Gasteiger partial charge in [0, 0.05) is 54.4 Å². The highest BCUT2D eigenvalue weighted by Gasteiger charge is 2.56. The largest absolute Gasteiger partial charge is 0.477 e. The highest BCUT2D eigenvalue weighted by molar-refractivity contribution is 8.03. The van der Waals surface area contributed by atoms with Crippen LogP contribution in [-0.2, 0) is 44.9 Å². The molecule has 1 unspecified atom stereocenters. The zero-order valence-electron chi connectivity index (χ0n) is 35.4. The molecule has 6 atom stereocenters. The van der Waals surface area contributed by atoms with Gasteiger partial charge in [-0.25, -0.2) is 9.59 Å². The monoisotopic (exact) mass is 899 g/mol. The fourth-order valence-electron chi connectivity index (χ4n) is 7.23. The minimum atomic E-state index is -1.28. The Morgan fingerprint density at radius 1 is 0.984 bits per heavy atom. The molecule has 0 saturated carbocycles. The van der Waals surface area contributed by atoms with Gasteiger partial charge in [-0.2, -0.15) is 0 Å². The lowest BCUT2D eigenvalue weighted by Gasteiger charge is -2.44. The van der Waals surface area contributed by atoms with Crippen molar-refractivity contribution in [1.82, 2.24) is 30.7 Å². The highest BCUT2D eigenvalue weighted by atomic mass is 32.2. The number of rotatable bonds is 26. The van der Waals surface area contributed by atoms with Crippen molar-refractivity contribution in [1.29, 1.82) is 5.41 Å². The van der Waals surface area contributed by atoms with E-state index >= 15 is 0 Å². The first-order valence-corrected chi connectivity index (χ1v) is 21.7. The van der Waals surface area contributed by atoms with Crippen LogP contribution in [-0.4, -0.2) is 140 Å². The standard InChI is InChI=1S/C41H57N9O12S/c1-23(2)34(47-30(52)9-5-4-6-17-49-31(53)14-15-32(49)54)37(56)46-27(8-7-16-44-40(43)60)36(55)45-26-12-10-25(11-13-26)21-62-41(61)48(22-42)18-19-63-29-20-28-33(24(3)51)38(57)50(28)35(29)39(58)59/h10-15,22-24,27-28,33-34,40,42,44,51,60H,4-9,16-21,43H2,1-3H3,(H,45,55)(H,46,56)(H,47,52)(H,58,59)/t24-,27+,28-,33-,34+,40?/m1/s1. The van der Waals surface area contributed by atoms with E-state index in [4.69, 9.17) is 15.9 Å². The number of carbonyl (C=O) groups excluding carboxylic acids is 7. The number of carboxylic acid groups (broad SMARTS) is 1. The molecule has 1 saturated heterocycles. The summed E-state index contributed by atoms with van der Waals surface area (Å²) >= 11 is 1.15. The first kappa shape index (κ1) is 50.0. The number of ether oxygens (including phenoxy) is 1. The van der Waals surface area contributed by atoms with Crippen LogP contribution < -0.4 is 27.0 Å². The minimum absolute atomic E-state index is 0.00474. The number of hydrogen-bond donors (Lipinski definition) is 9. The number of nitrogens with one attached hydrogen (secondary N) is 5. The van der Waals surface area contributed by atoms with E-state index in [1.807, 2.05) is 0 Å². The van der Waals surface area contributed by atoms with E-state index in [2.05, 4.69) is 21.3 Å². The van der Waals surface area contributed by atoms with Gasteiger partial charge in [-0.1, -0.05) is 32.4 Å². The predicted molar refractivity (Wildman–Crippen MR) is 229 cm³/mol. The SMILES string of the molecule is CC(C)[C@H](NC(=O)CCCCCN1C(=O)C=CC1=O)C(=O)N[C@@H](CCCNC(N)O)C(=O)Nc1ccc(COC(=O)N(C=N)CCSC2=C(C(=O)O)N3C(=O)[C@H]([C@@H](C)O)[C@H]3C2)cc1. The summed E-state index contributed by atoms with van der Waals surface area (Å²) in [7, 11) is 0. The van der Waals surface area contributed by atoms with Gasteiger partial charge in [-0.15, -0.1) is 11.8 Å². The van der Waals surface area contributed by atoms with Gasteiger partial charge in [0.1, 0.15) is 24.4 Å². The molecule has 21 nitrogen and oxygen atoms in total. The molecule has 344 valence electrons. The van der Waals surface area contributed by atoms with Gasteiger partial charge in [0.2, 0.25) is 23.6 Å². The number of aliphatic carboxylic acids is 1. The lowest BCUT2D eigenvalue weighted by atomic mass is 9.83. The fraction of sp³-hybridized carbons (Fsp3) is 0.537. The molecule has 63 heavy (non-hydrogen) atoms. The highest BCUT2D eigenvalue weighted by Crippen LogP contribution is 2.47. The summed E-state index contributed by atoms with van der Waals surface area (Å²) in [5.74, 6) is -4.77. The van der Waals surface area contributed by atoms with Gasteiger partial charge in [-0.3, -0.25) is 55.0 Å². The summed E-state index contributed by atoms with van der Waals surface area (Å²) < 4.78 is 5.38. The van der Waals surface area contributed by atoms with Crippen LogP contribution in [0.4, 0.5) is 10.5 Å². The van der Waals surface area contributed by atoms with Crippen LogP contribution in [0.5, 0.6) is 0 Å². The normalized spacial score (nSPS) is 18.7. The maximum Gasteiger partial charge on any atom is 0.415 e. The second-order valence-corrected chi connectivity index (χ2v) is 16.8. The van der Waals surface area contributed by atoms with Gasteiger partial charge < -0.3 is 40.9 Å². The van der Waals surface area contributed by atoms with Crippen molar-refractivity contribution in [2.45, 2.75) is 103 Å². The molecule has 3 aliphatic rings. The van der Waals surface area contributed by atoms with E-state index in [0.29, 0.717) is 41.8 Å². The summed E-state index contributed by atoms with van der Waals surface area (Å²) in [5, 5.41) is 47.7. The molecule has 0 spiro atoms. The quantitative estimate of drug-likeness (QED) is 0.0153. The van der Waals surface area contributed by atoms with Crippen LogP contribution in [0.2, 0.25) is 0 Å². The van der Waals surface area contributed by atoms with Gasteiger partial charge in [0.05, 0.1) is 24.4 Å². The Morgan fingerprint density at radius 2 is 1.67 bits per heavy atom. The summed E-state index contributed by atoms with van der Waals surface area (Å²) in [6, 6.07) is 3.88. The van der Waals surface area contributed by atoms with Crippen molar-refractivity contribution < 1.29 is 58.4 Å². The van der Waals surface area contributed by atoms with Gasteiger partial charge >= 0.3 is 12.1 Å². The number of nitrogens with two attached hydrogens (primary N) is 1. The van der Waals surface area contributed by atoms with E-state index < -0.39 is 66.3 Å². The number of anilines is 1. The zero-order valence-corrected chi connectivity index (χ0v) is 36.2. The summed E-state index contributed by atoms with van der Waals surface area (Å²) in [6.07, 6.45) is 2.60. The summed E-state index contributed by atoms with van der Waals surface area (Å²) in [5.41, 5.74) is 6.13. The van der Waals surface area contributed by atoms with Crippen LogP contribution in [0.25, 0.3) is 0 Å². The first-order chi connectivity index (χ1) is 29.9. The smallest absolute Gasteiger partial charge is 0.415 e. The molecule has 10 N–H and O–H groups in total. The van der Waals surface area contributed by atoms with Gasteiger partial charge in [-0.05, 0) is 62.8 Å². The van der Waals surface area contributed by atoms with E-state index in [-0.39, 0.29) is 80.6 Å². The number of unbranched alkanes of at least 4 members (excludes halogenated alkanes) is 2. The molecule has 7 amide bonds. The Kier molecular flexibility index (Phi) is 18.8. The van der Waals surface area contributed by atoms with Crippen molar-refractivity contribution >= 4 is 71.3 Å². The van der Waals surface area contributed by atoms with Crippen molar-refractivity contribution in [2.24, 2.45) is 17.6 Å². The Balaban J connectivity index is 1.26. The van der Waals surface area contributed by atoms with Crippen molar-refractivity contribution in [3.05, 3.63) is 52.6 Å². The lowest BCUT2D eigenvalue weighted by molar-refractivity contribution is -0.161. The van der Waals surface area contributed by atoms with Crippen LogP contribution in [0.3, 0.4) is 0 Å². The Morgan fingerprint density at radius 3 is 2.27 bits per heavy atom. The van der Waals surface area contributed by atoms with E-state index in [0.717, 1.165) is 27.9 Å². The van der Waals surface area contributed by atoms with E-state index in [1.165, 1.54) is 24.0 Å². The maximum absolute atomic E-state index is 13.5. The molecule has 3 heterocycles. The number of aliphatic hydroxyl groups excluding tert-OH is 2. The molecule has 3 aliphatic heterocycles. The lowest BCUT2D eigenvalue weighted by Crippen LogP contribution is -2.61. The first-order valence-electron chi connectivity index (χ1n) is 20.7. The molecule has 0 aliphatic carbocycles. The maximum atomic E-state index is 13.5. The van der Waals surface area contributed by atoms with Gasteiger partial charge in [0.15, 0.2) is 6.35 Å². The number of nitrogens with zero attached hydrogens (tertiary/aromatic N) is 3. The number of imide groups is 1. The third-order valence-electron chi connectivity index (χ3n) is 10.6. The molecular weight excluding hydrogens is 843 g/mol. The number of amides is 7. The topological polar surface area (TPSA) is 314 Å². The molecule has 0 bridgehead atoms. The predicted octanol–water partition coefficient (Wildman–Crippen LogP) is 0.527. The van der Waals surface area contributed by atoms with Crippen molar-refractivity contribution in [2.75, 3.05) is 30.7 Å². The van der Waals surface area contributed by atoms with Crippen LogP contribution in [0.15, 0.2) is 47.0 Å². The number of fused-ring (bicyclic) bond motifs is 1. The molecule has 0 radical (unpaired) electrons. The van der Waals surface area contributed by atoms with Crippen LogP contribution in [0.1, 0.15) is 71.3 Å². The third-order valence-corrected chi connectivity index (χ3v) is 11.7. The molecule has 22 heteroatoms. The van der Waals surface area contributed by atoms with Crippen LogP contribution in [0, 0.1) is 17.2 Å². The Hall–Kier alpha value is -5.68. The van der Waals surface area contributed by atoms with E-state index in [1.54, 1.807) is 38.1 Å². The average Bonchev–Trinajstić information content (AvgIpc) is 3.73. The second-order valence-electron chi connectivity index (χ2n) is 15.6. The average molecular weight is 900 g/mol. The third kappa shape index (κ3) is 13.9. The van der Waals surface area contributed by atoms with Gasteiger partial charge in [0.25, 0.3) is 11.8 Å². The zero-order chi connectivity index (χ0) is 46.4. The molecule has 4 rings (SSSR count). The molecule has 1 aromatic carbocycles. The second kappa shape index (κ2) is 23.7. The Labute approximate surface area is 368 Å². The molecule has 1 aromatic rings.